The Labute approximate surface area is 423 Å². The highest BCUT2D eigenvalue weighted by Gasteiger charge is 2.47. The van der Waals surface area contributed by atoms with Crippen molar-refractivity contribution in [2.75, 3.05) is 4.90 Å². The smallest absolute Gasteiger partial charge is 0.0676 e. The van der Waals surface area contributed by atoms with Crippen molar-refractivity contribution in [3.63, 3.8) is 0 Å². The summed E-state index contributed by atoms with van der Waals surface area (Å²) in [4.78, 5) is 2.40. The summed E-state index contributed by atoms with van der Waals surface area (Å²) in [7, 11) is 0. The van der Waals surface area contributed by atoms with Crippen LogP contribution in [0.5, 0.6) is 0 Å². The third-order valence-corrected chi connectivity index (χ3v) is 15.0. The van der Waals surface area contributed by atoms with E-state index in [4.69, 9.17) is 0 Å². The predicted molar refractivity (Wildman–Crippen MR) is 304 cm³/mol. The first kappa shape index (κ1) is 43.0. The van der Waals surface area contributed by atoms with Crippen LogP contribution in [0.25, 0.3) is 77.5 Å². The minimum absolute atomic E-state index is 0.376. The maximum atomic E-state index is 2.48. The summed E-state index contributed by atoms with van der Waals surface area (Å²) < 4.78 is 0. The molecule has 1 heteroatoms. The van der Waals surface area contributed by atoms with Gasteiger partial charge in [-0.3, -0.25) is 0 Å². The molecule has 0 aromatic heterocycles. The molecule has 11 aromatic rings. The van der Waals surface area contributed by atoms with Gasteiger partial charge in [-0.15, -0.1) is 0 Å². The largest absolute Gasteiger partial charge is 0.310 e. The van der Waals surface area contributed by atoms with Crippen molar-refractivity contribution in [1.82, 2.24) is 0 Å². The number of nitrogens with zero attached hydrogens (tertiary/aromatic N) is 1. The fraction of sp³-hybridized carbons (Fsp3) is 0.0423. The summed E-state index contributed by atoms with van der Waals surface area (Å²) >= 11 is 0. The first-order chi connectivity index (χ1) is 35.7. The third-order valence-electron chi connectivity index (χ3n) is 15.0. The van der Waals surface area contributed by atoms with E-state index in [2.05, 4.69) is 290 Å². The molecule has 0 fully saturated rings. The van der Waals surface area contributed by atoms with E-state index >= 15 is 0 Å². The van der Waals surface area contributed by atoms with Crippen LogP contribution in [0, 0.1) is 0 Å². The molecule has 0 aliphatic heterocycles. The van der Waals surface area contributed by atoms with E-state index in [1.165, 1.54) is 94.2 Å². The van der Waals surface area contributed by atoms with Gasteiger partial charge in [-0.05, 0) is 162 Å². The average Bonchev–Trinajstić information content (AvgIpc) is 3.76. The number of anilines is 3. The van der Waals surface area contributed by atoms with E-state index in [9.17, 15) is 0 Å². The molecule has 72 heavy (non-hydrogen) atoms. The normalized spacial score (nSPS) is 14.6. The molecule has 13 rings (SSSR count). The number of allylic oxidation sites excluding steroid dienone is 4. The summed E-state index contributed by atoms with van der Waals surface area (Å²) in [5.41, 5.74) is 23.0. The van der Waals surface area contributed by atoms with Crippen LogP contribution in [-0.2, 0) is 5.41 Å². The molecule has 0 saturated carbocycles. The first-order valence-electron chi connectivity index (χ1n) is 25.2. The van der Waals surface area contributed by atoms with Gasteiger partial charge in [0.05, 0.1) is 5.41 Å². The van der Waals surface area contributed by atoms with Gasteiger partial charge >= 0.3 is 0 Å². The van der Waals surface area contributed by atoms with Crippen LogP contribution < -0.4 is 4.90 Å². The first-order valence-corrected chi connectivity index (χ1v) is 25.2. The van der Waals surface area contributed by atoms with Crippen molar-refractivity contribution in [2.45, 2.75) is 18.3 Å². The topological polar surface area (TPSA) is 3.24 Å². The molecule has 340 valence electrons. The molecular formula is C71H51N. The molecule has 0 saturated heterocycles. The molecule has 0 N–H and O–H groups in total. The number of rotatable bonds is 10. The van der Waals surface area contributed by atoms with Gasteiger partial charge in [0.25, 0.3) is 0 Å². The van der Waals surface area contributed by atoms with Crippen LogP contribution in [0.15, 0.2) is 291 Å². The van der Waals surface area contributed by atoms with Crippen molar-refractivity contribution >= 4 is 27.8 Å². The second-order valence-corrected chi connectivity index (χ2v) is 19.1. The van der Waals surface area contributed by atoms with Gasteiger partial charge in [0.1, 0.15) is 0 Å². The summed E-state index contributed by atoms with van der Waals surface area (Å²) in [5, 5.41) is 2.51. The van der Waals surface area contributed by atoms with Crippen molar-refractivity contribution in [3.8, 4) is 66.8 Å². The van der Waals surface area contributed by atoms with Gasteiger partial charge in [0, 0.05) is 17.1 Å². The molecule has 1 atom stereocenters. The zero-order valence-corrected chi connectivity index (χ0v) is 40.0. The van der Waals surface area contributed by atoms with E-state index < -0.39 is 0 Å². The molecule has 11 aromatic carbocycles. The Morgan fingerprint density at radius 3 is 1.54 bits per heavy atom. The van der Waals surface area contributed by atoms with Gasteiger partial charge in [-0.25, -0.2) is 0 Å². The van der Waals surface area contributed by atoms with E-state index in [1.54, 1.807) is 0 Å². The molecular weight excluding hydrogens is 867 g/mol. The minimum Gasteiger partial charge on any atom is -0.310 e. The third kappa shape index (κ3) is 7.59. The number of benzene rings is 11. The van der Waals surface area contributed by atoms with Crippen molar-refractivity contribution in [3.05, 3.63) is 307 Å². The van der Waals surface area contributed by atoms with Crippen LogP contribution in [-0.4, -0.2) is 0 Å². The zero-order valence-electron chi connectivity index (χ0n) is 40.0. The second-order valence-electron chi connectivity index (χ2n) is 19.1. The number of fused-ring (bicyclic) bond motifs is 4. The Hall–Kier alpha value is -9.04. The van der Waals surface area contributed by atoms with Crippen LogP contribution in [0.2, 0.25) is 0 Å². The molecule has 2 aliphatic rings. The van der Waals surface area contributed by atoms with E-state index in [0.717, 1.165) is 35.5 Å². The summed E-state index contributed by atoms with van der Waals surface area (Å²) in [6, 6.07) is 98.4. The molecule has 1 unspecified atom stereocenters. The standard InChI is InChI=1S/C71H51N/c1-4-18-50(19-5-1)54-22-14-23-55(46-54)51-36-41-62(42-37-51)72(64-31-16-25-57(48-64)56-24-15-26-59(47-56)66-34-17-21-53-20-10-11-32-65(53)66)63-43-38-52(39-44-63)58-40-45-68-67-33-12-13-35-69(67)71(70(68)49-58,60-27-6-2-7-28-60)61-29-8-3-9-30-61/h1-8,10-29,31-49H,9,30H2. The Morgan fingerprint density at radius 2 is 0.819 bits per heavy atom. The fourth-order valence-corrected chi connectivity index (χ4v) is 11.6. The minimum atomic E-state index is -0.376. The quantitative estimate of drug-likeness (QED) is 0.132. The lowest BCUT2D eigenvalue weighted by molar-refractivity contribution is 0.693. The van der Waals surface area contributed by atoms with Gasteiger partial charge in [-0.1, -0.05) is 236 Å². The maximum absolute atomic E-state index is 2.48. The van der Waals surface area contributed by atoms with Crippen LogP contribution in [0.4, 0.5) is 17.1 Å². The van der Waals surface area contributed by atoms with E-state index in [0.29, 0.717) is 0 Å². The molecule has 0 spiro atoms. The highest BCUT2D eigenvalue weighted by atomic mass is 15.1. The van der Waals surface area contributed by atoms with Gasteiger partial charge < -0.3 is 4.90 Å². The predicted octanol–water partition coefficient (Wildman–Crippen LogP) is 19.2. The van der Waals surface area contributed by atoms with Crippen molar-refractivity contribution in [1.29, 1.82) is 0 Å². The van der Waals surface area contributed by atoms with Crippen LogP contribution >= 0.6 is 0 Å². The SMILES string of the molecule is C1=CCCC(C2(c3ccccc3)c3ccccc3-c3ccc(-c4ccc(N(c5ccc(-c6cccc(-c7ccccc7)c6)cc5)c5cccc(-c6cccc(-c7cccc8ccccc78)c6)c5)cc4)cc32)=C1. The fourth-order valence-electron chi connectivity index (χ4n) is 11.6. The highest BCUT2D eigenvalue weighted by Crippen LogP contribution is 2.58. The lowest BCUT2D eigenvalue weighted by Gasteiger charge is -2.37. The van der Waals surface area contributed by atoms with Gasteiger partial charge in [0.15, 0.2) is 0 Å². The lowest BCUT2D eigenvalue weighted by atomic mass is 9.65. The Bertz CT molecular complexity index is 3840. The Balaban J connectivity index is 0.903. The Kier molecular flexibility index (Phi) is 11.0. The van der Waals surface area contributed by atoms with E-state index in [-0.39, 0.29) is 5.41 Å². The maximum Gasteiger partial charge on any atom is 0.0676 e. The molecule has 0 amide bonds. The molecule has 1 nitrogen and oxygen atoms in total. The monoisotopic (exact) mass is 917 g/mol. The number of hydrogen-bond acceptors (Lipinski definition) is 1. The van der Waals surface area contributed by atoms with Crippen molar-refractivity contribution in [2.24, 2.45) is 0 Å². The average molecular weight is 918 g/mol. The molecule has 2 aliphatic carbocycles. The van der Waals surface area contributed by atoms with Gasteiger partial charge in [0.2, 0.25) is 0 Å². The number of hydrogen-bond donors (Lipinski definition) is 0. The molecule has 0 heterocycles. The van der Waals surface area contributed by atoms with Crippen LogP contribution in [0.3, 0.4) is 0 Å². The summed E-state index contributed by atoms with van der Waals surface area (Å²) in [6.45, 7) is 0. The highest BCUT2D eigenvalue weighted by molar-refractivity contribution is 5.97. The molecule has 0 bridgehead atoms. The second kappa shape index (κ2) is 18.4. The van der Waals surface area contributed by atoms with Crippen LogP contribution in [0.1, 0.15) is 29.5 Å². The summed E-state index contributed by atoms with van der Waals surface area (Å²) in [5.74, 6) is 0. The van der Waals surface area contributed by atoms with Crippen molar-refractivity contribution < 1.29 is 0 Å². The summed E-state index contributed by atoms with van der Waals surface area (Å²) in [6.07, 6.45) is 9.00. The Morgan fingerprint density at radius 1 is 0.319 bits per heavy atom. The lowest BCUT2D eigenvalue weighted by Crippen LogP contribution is -2.30. The van der Waals surface area contributed by atoms with Gasteiger partial charge in [-0.2, -0.15) is 0 Å². The molecule has 0 radical (unpaired) electrons. The van der Waals surface area contributed by atoms with E-state index in [1.807, 2.05) is 0 Å². The zero-order chi connectivity index (χ0) is 47.8.